The van der Waals surface area contributed by atoms with E-state index in [9.17, 15) is 0 Å². The van der Waals surface area contributed by atoms with Crippen LogP contribution in [0.25, 0.3) is 0 Å². The average molecular weight is 193 g/mol. The lowest BCUT2D eigenvalue weighted by molar-refractivity contribution is 2.68. The van der Waals surface area contributed by atoms with Gasteiger partial charge in [0.2, 0.25) is 0 Å². The van der Waals surface area contributed by atoms with E-state index in [1.807, 2.05) is 0 Å². The molecule has 2 unspecified atom stereocenters. The van der Waals surface area contributed by atoms with Gasteiger partial charge in [0.05, 0.1) is 0 Å². The highest BCUT2D eigenvalue weighted by atomic mass is 35.5. The Hall–Kier alpha value is 0.920. The largest absolute Gasteiger partial charge is 0.147 e. The summed E-state index contributed by atoms with van der Waals surface area (Å²) in [5, 5.41) is 0. The van der Waals surface area contributed by atoms with Crippen LogP contribution in [-0.4, -0.2) is 0 Å². The van der Waals surface area contributed by atoms with E-state index in [1.165, 1.54) is 0 Å². The molecule has 0 spiro atoms. The first-order valence-corrected chi connectivity index (χ1v) is 2.82. The second-order valence-corrected chi connectivity index (χ2v) is 1.41. The van der Waals surface area contributed by atoms with Crippen LogP contribution in [0.5, 0.6) is 0 Å². The van der Waals surface area contributed by atoms with E-state index in [0.717, 1.165) is 0 Å². The molecule has 0 nitrogen and oxygen atoms in total. The molecule has 0 N–H and O–H groups in total. The summed E-state index contributed by atoms with van der Waals surface area (Å²) in [6, 6.07) is 0. The Morgan fingerprint density at radius 1 is 0.875 bits per heavy atom. The van der Waals surface area contributed by atoms with Crippen molar-refractivity contribution in [2.24, 2.45) is 0 Å². The normalized spacial score (nSPS) is 3.25. The Kier molecular flexibility index (Phi) is 129. The Labute approximate surface area is 68.4 Å². The van der Waals surface area contributed by atoms with Crippen LogP contribution in [0.15, 0.2) is 24.8 Å². The molecule has 52 valence electrons. The smallest absolute Gasteiger partial charge is 0.0735 e. The van der Waals surface area contributed by atoms with Gasteiger partial charge in [-0.1, -0.05) is 24.8 Å². The van der Waals surface area contributed by atoms with Crippen molar-refractivity contribution in [2.75, 3.05) is 0 Å². The van der Waals surface area contributed by atoms with E-state index in [2.05, 4.69) is 31.6 Å². The Morgan fingerprint density at radius 2 is 0.875 bits per heavy atom. The minimum absolute atomic E-state index is 0. The molecule has 0 aliphatic carbocycles. The van der Waals surface area contributed by atoms with E-state index >= 15 is 0 Å². The van der Waals surface area contributed by atoms with Crippen LogP contribution in [0, 0.1) is 0 Å². The maximum atomic E-state index is 3.32. The molecule has 0 heterocycles. The lowest BCUT2D eigenvalue weighted by atomic mass is 11.3. The van der Waals surface area contributed by atoms with Gasteiger partial charge in [0, 0.05) is 0 Å². The lowest BCUT2D eigenvalue weighted by Crippen LogP contribution is -0.892. The molecular weight excluding hydrogens is 181 g/mol. The molecule has 0 rings (SSSR count). The predicted octanol–water partition coefficient (Wildman–Crippen LogP) is 2.85. The van der Waals surface area contributed by atoms with Crippen molar-refractivity contribution in [3.8, 4) is 0 Å². The third kappa shape index (κ3) is 287. The summed E-state index contributed by atoms with van der Waals surface area (Å²) in [6.07, 6.45) is 0. The third-order valence-corrected chi connectivity index (χ3v) is 0. The van der Waals surface area contributed by atoms with E-state index in [1.54, 1.807) is 11.6 Å². The zero-order valence-corrected chi connectivity index (χ0v) is 8.48. The molecule has 2 atom stereocenters. The van der Waals surface area contributed by atoms with Crippen LogP contribution < -0.4 is 0 Å². The number of rotatable bonds is 0. The summed E-state index contributed by atoms with van der Waals surface area (Å²) >= 11 is 0. The van der Waals surface area contributed by atoms with Gasteiger partial charge in [0.15, 0.2) is 0 Å². The van der Waals surface area contributed by atoms with Gasteiger partial charge in [-0.15, -0.1) is 43.3 Å². The second kappa shape index (κ2) is 44.5. The van der Waals surface area contributed by atoms with Crippen molar-refractivity contribution < 1.29 is 0 Å². The van der Waals surface area contributed by atoms with Gasteiger partial charge in [-0.2, -0.15) is 0 Å². The summed E-state index contributed by atoms with van der Waals surface area (Å²) in [7, 11) is 4.69. The highest BCUT2D eigenvalue weighted by molar-refractivity contribution is 7.20. The van der Waals surface area contributed by atoms with Crippen molar-refractivity contribution in [3.63, 3.8) is 0 Å². The topological polar surface area (TPSA) is 0 Å². The monoisotopic (exact) mass is 192 g/mol. The van der Waals surface area contributed by atoms with Crippen molar-refractivity contribution in [1.29, 1.82) is 0 Å². The first-order chi connectivity index (χ1) is 2.83. The fourth-order valence-corrected chi connectivity index (χ4v) is 0. The summed E-state index contributed by atoms with van der Waals surface area (Å²) in [6.45, 7) is 6.65. The van der Waals surface area contributed by atoms with Crippen LogP contribution in [-0.2, 0) is 0 Å². The van der Waals surface area contributed by atoms with E-state index in [-0.39, 0.29) is 24.8 Å². The molecule has 0 fully saturated rings. The Balaban J connectivity index is -0.0000000160. The Morgan fingerprint density at radius 3 is 0.875 bits per heavy atom. The molecule has 0 aliphatic rings. The van der Waals surface area contributed by atoms with Crippen LogP contribution in [0.4, 0.5) is 0 Å². The van der Waals surface area contributed by atoms with Gasteiger partial charge in [0.25, 0.3) is 0 Å². The maximum Gasteiger partial charge on any atom is -0.0735 e. The van der Waals surface area contributed by atoms with Crippen LogP contribution in [0.2, 0.25) is 0 Å². The molecular formula is C4H12Cl2P2. The highest BCUT2D eigenvalue weighted by Gasteiger charge is 1.14. The molecule has 0 radical (unpaired) electrons. The molecule has 8 heavy (non-hydrogen) atoms. The number of halogens is 2. The predicted molar refractivity (Wildman–Crippen MR) is 54.3 cm³/mol. The zero-order chi connectivity index (χ0) is 5.41. The van der Waals surface area contributed by atoms with Gasteiger partial charge in [0.1, 0.15) is 0 Å². The molecule has 0 aliphatic heterocycles. The van der Waals surface area contributed by atoms with E-state index < -0.39 is 0 Å². The van der Waals surface area contributed by atoms with E-state index in [4.69, 9.17) is 0 Å². The van der Waals surface area contributed by atoms with E-state index in [0.29, 0.717) is 0 Å². The first kappa shape index (κ1) is 23.1. The Bertz CT molecular complexity index is 33.0. The SMILES string of the molecule is C=CP.C=CP.Cl.Cl. The maximum absolute atomic E-state index is 3.32. The highest BCUT2D eigenvalue weighted by Crippen LogP contribution is 1.69. The second-order valence-electron chi connectivity index (χ2n) is 0.471. The fraction of sp³-hybridized carbons (Fsp3) is 0. The standard InChI is InChI=1S/2C2H5P.2ClH/c2*1-2-3;;/h2*2H,1,3H2;2*1H. The van der Waals surface area contributed by atoms with Gasteiger partial charge in [-0.05, 0) is 0 Å². The third-order valence-electron chi connectivity index (χ3n) is 0. The van der Waals surface area contributed by atoms with Gasteiger partial charge in [-0.3, -0.25) is 0 Å². The van der Waals surface area contributed by atoms with Crippen molar-refractivity contribution in [2.45, 2.75) is 0 Å². The fourth-order valence-electron chi connectivity index (χ4n) is 0. The lowest BCUT2D eigenvalue weighted by Gasteiger charge is -1.32. The molecule has 0 aromatic rings. The summed E-state index contributed by atoms with van der Waals surface area (Å²) in [5.41, 5.74) is 0. The summed E-state index contributed by atoms with van der Waals surface area (Å²) < 4.78 is 0. The van der Waals surface area contributed by atoms with Crippen molar-refractivity contribution in [1.82, 2.24) is 0 Å². The van der Waals surface area contributed by atoms with Crippen molar-refractivity contribution >= 4 is 43.3 Å². The van der Waals surface area contributed by atoms with Crippen LogP contribution in [0.3, 0.4) is 0 Å². The molecule has 0 bridgehead atoms. The molecule has 0 saturated heterocycles. The summed E-state index contributed by atoms with van der Waals surface area (Å²) in [5.74, 6) is 3.33. The van der Waals surface area contributed by atoms with Crippen LogP contribution in [0.1, 0.15) is 0 Å². The molecule has 4 heteroatoms. The minimum atomic E-state index is 0. The number of hydrogen-bond donors (Lipinski definition) is 0. The molecule has 0 saturated carbocycles. The molecule has 0 aromatic carbocycles. The van der Waals surface area contributed by atoms with Gasteiger partial charge < -0.3 is 0 Å². The molecule has 0 amide bonds. The van der Waals surface area contributed by atoms with Crippen LogP contribution >= 0.6 is 43.3 Å². The zero-order valence-electron chi connectivity index (χ0n) is 4.54. The number of hydrogen-bond acceptors (Lipinski definition) is 0. The molecule has 0 aromatic heterocycles. The first-order valence-electron chi connectivity index (χ1n) is 1.48. The summed E-state index contributed by atoms with van der Waals surface area (Å²) in [4.78, 5) is 0. The van der Waals surface area contributed by atoms with Gasteiger partial charge >= 0.3 is 0 Å². The quantitative estimate of drug-likeness (QED) is 0.519. The van der Waals surface area contributed by atoms with Crippen molar-refractivity contribution in [3.05, 3.63) is 24.8 Å². The minimum Gasteiger partial charge on any atom is -0.147 e. The van der Waals surface area contributed by atoms with Gasteiger partial charge in [-0.25, -0.2) is 0 Å². The average Bonchev–Trinajstić information content (AvgIpc) is 1.39.